The number of carbonyl (C=O) groups excluding carboxylic acids is 1. The molecule has 0 bridgehead atoms. The van der Waals surface area contributed by atoms with Gasteiger partial charge < -0.3 is 10.2 Å². The molecule has 188 valence electrons. The Morgan fingerprint density at radius 3 is 2.54 bits per heavy atom. The van der Waals surface area contributed by atoms with Crippen LogP contribution in [-0.4, -0.2) is 72.5 Å². The minimum absolute atomic E-state index is 0.0317. The van der Waals surface area contributed by atoms with Crippen molar-refractivity contribution in [3.63, 3.8) is 0 Å². The number of piperidine rings is 1. The molecule has 1 amide bonds. The lowest BCUT2D eigenvalue weighted by molar-refractivity contribution is 0.0947. The number of aromatic nitrogens is 1. The van der Waals surface area contributed by atoms with Crippen molar-refractivity contribution in [2.45, 2.75) is 58.5 Å². The molecular formula is C29H41N5O. The zero-order valence-electron chi connectivity index (χ0n) is 21.5. The Kier molecular flexibility index (Phi) is 7.69. The smallest absolute Gasteiger partial charge is 0.269 e. The third kappa shape index (κ3) is 6.42. The van der Waals surface area contributed by atoms with Gasteiger partial charge in [0.1, 0.15) is 11.5 Å². The van der Waals surface area contributed by atoms with Crippen molar-refractivity contribution < 1.29 is 4.79 Å². The van der Waals surface area contributed by atoms with E-state index in [-0.39, 0.29) is 5.91 Å². The summed E-state index contributed by atoms with van der Waals surface area (Å²) >= 11 is 0. The van der Waals surface area contributed by atoms with E-state index in [1.807, 2.05) is 6.07 Å². The van der Waals surface area contributed by atoms with Gasteiger partial charge in [-0.2, -0.15) is 0 Å². The molecule has 35 heavy (non-hydrogen) atoms. The molecule has 0 atom stereocenters. The summed E-state index contributed by atoms with van der Waals surface area (Å²) in [5.74, 6) is 1.60. The van der Waals surface area contributed by atoms with Crippen molar-refractivity contribution in [2.24, 2.45) is 5.92 Å². The summed E-state index contributed by atoms with van der Waals surface area (Å²) in [6, 6.07) is 13.5. The van der Waals surface area contributed by atoms with E-state index in [0.717, 1.165) is 57.1 Å². The third-order valence-electron chi connectivity index (χ3n) is 8.02. The van der Waals surface area contributed by atoms with Gasteiger partial charge in [0.05, 0.1) is 0 Å². The van der Waals surface area contributed by atoms with Gasteiger partial charge in [0.25, 0.3) is 5.91 Å². The number of likely N-dealkylation sites (tertiary alicyclic amines) is 1. The fourth-order valence-corrected chi connectivity index (χ4v) is 5.58. The van der Waals surface area contributed by atoms with Crippen LogP contribution in [0.2, 0.25) is 0 Å². The molecule has 3 aliphatic rings. The summed E-state index contributed by atoms with van der Waals surface area (Å²) in [5.41, 5.74) is 4.52. The molecule has 6 heteroatoms. The zero-order valence-corrected chi connectivity index (χ0v) is 21.5. The average Bonchev–Trinajstić information content (AvgIpc) is 3.71. The first-order valence-corrected chi connectivity index (χ1v) is 13.6. The Morgan fingerprint density at radius 2 is 1.77 bits per heavy atom. The van der Waals surface area contributed by atoms with Gasteiger partial charge in [-0.1, -0.05) is 24.3 Å². The van der Waals surface area contributed by atoms with E-state index in [4.69, 9.17) is 4.98 Å². The van der Waals surface area contributed by atoms with Gasteiger partial charge in [0, 0.05) is 45.3 Å². The van der Waals surface area contributed by atoms with Gasteiger partial charge in [-0.3, -0.25) is 14.6 Å². The quantitative estimate of drug-likeness (QED) is 0.656. The summed E-state index contributed by atoms with van der Waals surface area (Å²) in [5, 5.41) is 3.07. The fourth-order valence-electron chi connectivity index (χ4n) is 5.58. The predicted molar refractivity (Wildman–Crippen MR) is 142 cm³/mol. The Morgan fingerprint density at radius 1 is 0.971 bits per heavy atom. The van der Waals surface area contributed by atoms with Crippen LogP contribution in [0.5, 0.6) is 0 Å². The molecule has 1 saturated carbocycles. The van der Waals surface area contributed by atoms with Gasteiger partial charge in [0.15, 0.2) is 0 Å². The number of aryl methyl sites for hydroxylation is 2. The van der Waals surface area contributed by atoms with Crippen LogP contribution < -0.4 is 10.2 Å². The van der Waals surface area contributed by atoms with Crippen molar-refractivity contribution in [3.05, 3.63) is 58.8 Å². The van der Waals surface area contributed by atoms with Crippen LogP contribution in [0.15, 0.2) is 36.4 Å². The van der Waals surface area contributed by atoms with Crippen molar-refractivity contribution in [1.82, 2.24) is 20.1 Å². The Balaban J connectivity index is 1.14. The summed E-state index contributed by atoms with van der Waals surface area (Å²) in [4.78, 5) is 25.1. The monoisotopic (exact) mass is 475 g/mol. The lowest BCUT2D eigenvalue weighted by Gasteiger charge is -2.38. The maximum absolute atomic E-state index is 12.6. The number of nitrogens with zero attached hydrogens (tertiary/aromatic N) is 4. The highest BCUT2D eigenvalue weighted by Crippen LogP contribution is 2.28. The molecule has 1 aliphatic carbocycles. The summed E-state index contributed by atoms with van der Waals surface area (Å²) < 4.78 is 0. The van der Waals surface area contributed by atoms with Crippen molar-refractivity contribution in [1.29, 1.82) is 0 Å². The SMILES string of the molecule is Cc1cc(C(=O)NCC2CC2)nc(N2CCCN(C3CCN(Cc4ccccc4C)CC3)CC2)c1. The normalized spacial score (nSPS) is 20.6. The number of hydrogen-bond acceptors (Lipinski definition) is 5. The van der Waals surface area contributed by atoms with Gasteiger partial charge in [0.2, 0.25) is 0 Å². The highest BCUT2D eigenvalue weighted by Gasteiger charge is 2.27. The lowest BCUT2D eigenvalue weighted by Crippen LogP contribution is -2.46. The van der Waals surface area contributed by atoms with Crippen LogP contribution in [0.4, 0.5) is 5.82 Å². The highest BCUT2D eigenvalue weighted by atomic mass is 16.1. The molecule has 1 aromatic carbocycles. The van der Waals surface area contributed by atoms with E-state index in [1.54, 1.807) is 0 Å². The van der Waals surface area contributed by atoms with Crippen LogP contribution in [-0.2, 0) is 6.54 Å². The van der Waals surface area contributed by atoms with Crippen LogP contribution in [0.1, 0.15) is 59.3 Å². The molecule has 3 fully saturated rings. The lowest BCUT2D eigenvalue weighted by atomic mass is 10.0. The van der Waals surface area contributed by atoms with Crippen LogP contribution in [0, 0.1) is 19.8 Å². The topological polar surface area (TPSA) is 51.7 Å². The molecule has 6 nitrogen and oxygen atoms in total. The standard InChI is InChI=1S/C29H41N5O/c1-22-18-27(29(35)30-20-24-8-9-24)31-28(19-22)34-13-5-12-33(16-17-34)26-10-14-32(15-11-26)21-25-7-4-3-6-23(25)2/h3-4,6-7,18-19,24,26H,5,8-17,20-21H2,1-2H3,(H,30,35). The highest BCUT2D eigenvalue weighted by molar-refractivity contribution is 5.92. The average molecular weight is 476 g/mol. The molecule has 5 rings (SSSR count). The molecule has 3 heterocycles. The van der Waals surface area contributed by atoms with Crippen molar-refractivity contribution in [3.8, 4) is 0 Å². The first-order chi connectivity index (χ1) is 17.0. The van der Waals surface area contributed by atoms with Crippen LogP contribution in [0.25, 0.3) is 0 Å². The molecule has 0 spiro atoms. The van der Waals surface area contributed by atoms with Crippen LogP contribution in [0.3, 0.4) is 0 Å². The molecular weight excluding hydrogens is 434 g/mol. The number of anilines is 1. The second-order valence-electron chi connectivity index (χ2n) is 10.9. The van der Waals surface area contributed by atoms with Crippen molar-refractivity contribution >= 4 is 11.7 Å². The predicted octanol–water partition coefficient (Wildman–Crippen LogP) is 4.01. The zero-order chi connectivity index (χ0) is 24.2. The second-order valence-corrected chi connectivity index (χ2v) is 10.9. The third-order valence-corrected chi connectivity index (χ3v) is 8.02. The van der Waals surface area contributed by atoms with Gasteiger partial charge >= 0.3 is 0 Å². The van der Waals surface area contributed by atoms with E-state index < -0.39 is 0 Å². The number of pyridine rings is 1. The molecule has 2 aromatic rings. The number of amides is 1. The van der Waals surface area contributed by atoms with E-state index in [2.05, 4.69) is 64.2 Å². The molecule has 0 unspecified atom stereocenters. The first-order valence-electron chi connectivity index (χ1n) is 13.6. The Hall–Kier alpha value is -2.44. The number of carbonyl (C=O) groups is 1. The summed E-state index contributed by atoms with van der Waals surface area (Å²) in [7, 11) is 0. The number of hydrogen-bond donors (Lipinski definition) is 1. The van der Waals surface area contributed by atoms with E-state index in [1.165, 1.54) is 49.9 Å². The van der Waals surface area contributed by atoms with Crippen molar-refractivity contribution in [2.75, 3.05) is 50.7 Å². The maximum Gasteiger partial charge on any atom is 0.269 e. The van der Waals surface area contributed by atoms with Gasteiger partial charge in [-0.15, -0.1) is 0 Å². The van der Waals surface area contributed by atoms with E-state index in [9.17, 15) is 4.79 Å². The van der Waals surface area contributed by atoms with Gasteiger partial charge in [-0.05, 0) is 93.8 Å². The Labute approximate surface area is 210 Å². The van der Waals surface area contributed by atoms with E-state index in [0.29, 0.717) is 17.7 Å². The first kappa shape index (κ1) is 24.3. The number of benzene rings is 1. The largest absolute Gasteiger partial charge is 0.355 e. The molecule has 0 radical (unpaired) electrons. The molecule has 2 aliphatic heterocycles. The number of nitrogens with one attached hydrogen (secondary N) is 1. The maximum atomic E-state index is 12.6. The van der Waals surface area contributed by atoms with Gasteiger partial charge in [-0.25, -0.2) is 4.98 Å². The molecule has 2 saturated heterocycles. The van der Waals surface area contributed by atoms with Crippen LogP contribution >= 0.6 is 0 Å². The minimum Gasteiger partial charge on any atom is -0.355 e. The summed E-state index contributed by atoms with van der Waals surface area (Å²) in [6.45, 7) is 12.7. The summed E-state index contributed by atoms with van der Waals surface area (Å²) in [6.07, 6.45) is 6.12. The van der Waals surface area contributed by atoms with E-state index >= 15 is 0 Å². The Bertz CT molecular complexity index is 1010. The number of rotatable bonds is 7. The fraction of sp³-hybridized carbons (Fsp3) is 0.586. The molecule has 1 aromatic heterocycles. The molecule has 1 N–H and O–H groups in total. The second kappa shape index (κ2) is 11.1. The minimum atomic E-state index is -0.0317.